The second-order valence-electron chi connectivity index (χ2n) is 4.26. The fraction of sp³-hybridized carbons (Fsp3) is 0.538. The Morgan fingerprint density at radius 3 is 2.59 bits per heavy atom. The first kappa shape index (κ1) is 16.6. The molecule has 17 heavy (non-hydrogen) atoms. The van der Waals surface area contributed by atoms with Crippen molar-refractivity contribution >= 4 is 24.0 Å². The lowest BCUT2D eigenvalue weighted by Crippen LogP contribution is -2.10. The van der Waals surface area contributed by atoms with Gasteiger partial charge in [-0.25, -0.2) is 0 Å². The highest BCUT2D eigenvalue weighted by Gasteiger charge is 2.13. The molecule has 0 spiro atoms. The summed E-state index contributed by atoms with van der Waals surface area (Å²) in [5, 5.41) is 10.5. The molecule has 1 rings (SSSR count). The number of halogens is 2. The van der Waals surface area contributed by atoms with E-state index in [1.54, 1.807) is 12.1 Å². The molecule has 0 amide bonds. The quantitative estimate of drug-likeness (QED) is 0.786. The predicted octanol–water partition coefficient (Wildman–Crippen LogP) is 4.36. The maximum absolute atomic E-state index is 9.91. The molecule has 0 saturated heterocycles. The molecule has 1 atom stereocenters. The van der Waals surface area contributed by atoms with Crippen LogP contribution in [0.4, 0.5) is 0 Å². The van der Waals surface area contributed by atoms with Gasteiger partial charge in [-0.15, -0.1) is 12.4 Å². The second kappa shape index (κ2) is 7.80. The van der Waals surface area contributed by atoms with Crippen molar-refractivity contribution in [1.29, 1.82) is 0 Å². The first-order valence-electron chi connectivity index (χ1n) is 5.80. The summed E-state index contributed by atoms with van der Waals surface area (Å²) in [5.41, 5.74) is 7.61. The summed E-state index contributed by atoms with van der Waals surface area (Å²) in [4.78, 5) is 0. The fourth-order valence-corrected chi connectivity index (χ4v) is 2.10. The molecule has 0 bridgehead atoms. The summed E-state index contributed by atoms with van der Waals surface area (Å²) in [7, 11) is 0. The average Bonchev–Trinajstić information content (AvgIpc) is 2.23. The summed E-state index contributed by atoms with van der Waals surface area (Å²) in [6.45, 7) is 4.00. The zero-order chi connectivity index (χ0) is 12.1. The SMILES string of the molecule is CCCCC[C@H](N)c1cc(Cl)cc(C)c1O.Cl. The molecule has 1 aromatic rings. The van der Waals surface area contributed by atoms with Crippen molar-refractivity contribution in [1.82, 2.24) is 0 Å². The average molecular weight is 278 g/mol. The second-order valence-corrected chi connectivity index (χ2v) is 4.70. The van der Waals surface area contributed by atoms with Crippen LogP contribution in [0.5, 0.6) is 5.75 Å². The van der Waals surface area contributed by atoms with Gasteiger partial charge in [0.1, 0.15) is 5.75 Å². The lowest BCUT2D eigenvalue weighted by molar-refractivity contribution is 0.452. The van der Waals surface area contributed by atoms with Crippen LogP contribution in [0, 0.1) is 6.92 Å². The Hall–Kier alpha value is -0.440. The molecule has 0 heterocycles. The van der Waals surface area contributed by atoms with Crippen LogP contribution in [0.2, 0.25) is 5.02 Å². The van der Waals surface area contributed by atoms with Crippen molar-refractivity contribution in [3.05, 3.63) is 28.3 Å². The van der Waals surface area contributed by atoms with Crippen molar-refractivity contribution in [2.24, 2.45) is 5.73 Å². The van der Waals surface area contributed by atoms with Gasteiger partial charge in [-0.1, -0.05) is 37.8 Å². The number of aryl methyl sites for hydroxylation is 1. The molecular formula is C13H21Cl2NO. The molecule has 98 valence electrons. The summed E-state index contributed by atoms with van der Waals surface area (Å²) >= 11 is 5.96. The van der Waals surface area contributed by atoms with Crippen LogP contribution in [-0.2, 0) is 0 Å². The maximum atomic E-state index is 9.91. The van der Waals surface area contributed by atoms with Gasteiger partial charge in [0.05, 0.1) is 0 Å². The number of hydrogen-bond donors (Lipinski definition) is 2. The Kier molecular flexibility index (Phi) is 7.60. The van der Waals surface area contributed by atoms with Crippen molar-refractivity contribution in [2.75, 3.05) is 0 Å². The van der Waals surface area contributed by atoms with Gasteiger partial charge in [-0.3, -0.25) is 0 Å². The zero-order valence-corrected chi connectivity index (χ0v) is 11.9. The minimum absolute atomic E-state index is 0. The lowest BCUT2D eigenvalue weighted by atomic mass is 9.98. The van der Waals surface area contributed by atoms with Crippen molar-refractivity contribution in [3.63, 3.8) is 0 Å². The molecule has 0 aliphatic carbocycles. The first-order chi connectivity index (χ1) is 7.56. The van der Waals surface area contributed by atoms with E-state index in [2.05, 4.69) is 6.92 Å². The minimum Gasteiger partial charge on any atom is -0.507 e. The van der Waals surface area contributed by atoms with Gasteiger partial charge in [0.25, 0.3) is 0 Å². The largest absolute Gasteiger partial charge is 0.507 e. The topological polar surface area (TPSA) is 46.2 Å². The van der Waals surface area contributed by atoms with E-state index in [-0.39, 0.29) is 24.2 Å². The minimum atomic E-state index is -0.121. The van der Waals surface area contributed by atoms with Crippen LogP contribution in [-0.4, -0.2) is 5.11 Å². The smallest absolute Gasteiger partial charge is 0.123 e. The van der Waals surface area contributed by atoms with Gasteiger partial charge >= 0.3 is 0 Å². The van der Waals surface area contributed by atoms with Crippen LogP contribution in [0.1, 0.15) is 49.8 Å². The van der Waals surface area contributed by atoms with Crippen LogP contribution in [0.25, 0.3) is 0 Å². The van der Waals surface area contributed by atoms with E-state index in [9.17, 15) is 5.11 Å². The fourth-order valence-electron chi connectivity index (χ4n) is 1.81. The lowest BCUT2D eigenvalue weighted by Gasteiger charge is -2.15. The van der Waals surface area contributed by atoms with Crippen LogP contribution in [0.3, 0.4) is 0 Å². The van der Waals surface area contributed by atoms with Crippen molar-refractivity contribution in [2.45, 2.75) is 45.6 Å². The predicted molar refractivity (Wildman–Crippen MR) is 76.2 cm³/mol. The standard InChI is InChI=1S/C13H20ClNO.ClH/c1-3-4-5-6-12(15)11-8-10(14)7-9(2)13(11)16;/h7-8,12,16H,3-6,15H2,1-2H3;1H/t12-;/m0./s1. The zero-order valence-electron chi connectivity index (χ0n) is 10.4. The Morgan fingerprint density at radius 2 is 2.00 bits per heavy atom. The highest BCUT2D eigenvalue weighted by atomic mass is 35.5. The Balaban J connectivity index is 0.00000256. The molecule has 0 aromatic heterocycles. The Labute approximate surface area is 115 Å². The van der Waals surface area contributed by atoms with E-state index in [0.717, 1.165) is 24.0 Å². The molecule has 0 saturated carbocycles. The molecule has 0 radical (unpaired) electrons. The van der Waals surface area contributed by atoms with Gasteiger partial charge in [0, 0.05) is 16.6 Å². The van der Waals surface area contributed by atoms with E-state index < -0.39 is 0 Å². The number of aromatic hydroxyl groups is 1. The monoisotopic (exact) mass is 277 g/mol. The van der Waals surface area contributed by atoms with Gasteiger partial charge in [-0.2, -0.15) is 0 Å². The summed E-state index contributed by atoms with van der Waals surface area (Å²) in [6, 6.07) is 3.39. The summed E-state index contributed by atoms with van der Waals surface area (Å²) in [6.07, 6.45) is 4.32. The molecular weight excluding hydrogens is 257 g/mol. The first-order valence-corrected chi connectivity index (χ1v) is 6.18. The van der Waals surface area contributed by atoms with Gasteiger partial charge in [-0.05, 0) is 31.0 Å². The molecule has 0 fully saturated rings. The number of unbranched alkanes of at least 4 members (excludes halogenated alkanes) is 2. The van der Waals surface area contributed by atoms with E-state index in [4.69, 9.17) is 17.3 Å². The summed E-state index contributed by atoms with van der Waals surface area (Å²) in [5.74, 6) is 0.286. The normalized spacial score (nSPS) is 12.0. The Bertz CT molecular complexity index is 356. The van der Waals surface area contributed by atoms with E-state index in [1.165, 1.54) is 12.8 Å². The molecule has 0 unspecified atom stereocenters. The number of phenols is 1. The molecule has 0 aliphatic heterocycles. The number of nitrogens with two attached hydrogens (primary N) is 1. The van der Waals surface area contributed by atoms with Crippen LogP contribution < -0.4 is 5.73 Å². The number of benzene rings is 1. The maximum Gasteiger partial charge on any atom is 0.123 e. The molecule has 2 nitrogen and oxygen atoms in total. The third kappa shape index (κ3) is 4.74. The van der Waals surface area contributed by atoms with Crippen LogP contribution >= 0.6 is 24.0 Å². The molecule has 1 aromatic carbocycles. The summed E-state index contributed by atoms with van der Waals surface area (Å²) < 4.78 is 0. The number of phenolic OH excluding ortho intramolecular Hbond substituents is 1. The highest BCUT2D eigenvalue weighted by molar-refractivity contribution is 6.30. The molecule has 0 aliphatic rings. The molecule has 3 N–H and O–H groups in total. The van der Waals surface area contributed by atoms with E-state index in [1.807, 2.05) is 6.92 Å². The van der Waals surface area contributed by atoms with Gasteiger partial charge < -0.3 is 10.8 Å². The van der Waals surface area contributed by atoms with Gasteiger partial charge in [0.15, 0.2) is 0 Å². The highest BCUT2D eigenvalue weighted by Crippen LogP contribution is 2.32. The molecule has 4 heteroatoms. The van der Waals surface area contributed by atoms with Crippen molar-refractivity contribution in [3.8, 4) is 5.75 Å². The third-order valence-electron chi connectivity index (χ3n) is 2.81. The third-order valence-corrected chi connectivity index (χ3v) is 3.03. The van der Waals surface area contributed by atoms with Crippen molar-refractivity contribution < 1.29 is 5.11 Å². The van der Waals surface area contributed by atoms with E-state index in [0.29, 0.717) is 5.02 Å². The van der Waals surface area contributed by atoms with Crippen LogP contribution in [0.15, 0.2) is 12.1 Å². The Morgan fingerprint density at radius 1 is 1.35 bits per heavy atom. The van der Waals surface area contributed by atoms with E-state index >= 15 is 0 Å². The number of rotatable bonds is 5. The number of hydrogen-bond acceptors (Lipinski definition) is 2. The van der Waals surface area contributed by atoms with Gasteiger partial charge in [0.2, 0.25) is 0 Å².